The van der Waals surface area contributed by atoms with Gasteiger partial charge in [-0.05, 0) is 54.6 Å². The number of thioether (sulfide) groups is 1. The summed E-state index contributed by atoms with van der Waals surface area (Å²) in [4.78, 5) is 16.6. The molecule has 3 saturated carbocycles. The molecule has 4 aliphatic rings. The van der Waals surface area contributed by atoms with Crippen LogP contribution in [0.25, 0.3) is 0 Å². The summed E-state index contributed by atoms with van der Waals surface area (Å²) < 4.78 is 0. The van der Waals surface area contributed by atoms with Gasteiger partial charge < -0.3 is 10.6 Å². The Morgan fingerprint density at radius 1 is 1.22 bits per heavy atom. The van der Waals surface area contributed by atoms with E-state index in [1.54, 1.807) is 11.8 Å². The molecule has 5 rings (SSSR count). The van der Waals surface area contributed by atoms with Gasteiger partial charge in [0.25, 0.3) is 5.91 Å². The first-order valence-electron chi connectivity index (χ1n) is 9.80. The predicted octanol–water partition coefficient (Wildman–Crippen LogP) is 4.72. The number of amides is 1. The fourth-order valence-corrected chi connectivity index (χ4v) is 6.06. The summed E-state index contributed by atoms with van der Waals surface area (Å²) in [6.45, 7) is 7.98. The Balaban J connectivity index is 0.00000210. The second-order valence-corrected chi connectivity index (χ2v) is 9.84. The Morgan fingerprint density at radius 2 is 1.96 bits per heavy atom. The minimum absolute atomic E-state index is 0. The van der Waals surface area contributed by atoms with Crippen LogP contribution in [-0.4, -0.2) is 28.9 Å². The lowest BCUT2D eigenvalue weighted by atomic mass is 9.45. The molecule has 1 aromatic rings. The molecule has 1 aromatic carbocycles. The molecule has 4 nitrogen and oxygen atoms in total. The third kappa shape index (κ3) is 4.07. The minimum Gasteiger partial charge on any atom is -0.385 e. The molecular formula is C21H30BrN3OS. The van der Waals surface area contributed by atoms with Crippen molar-refractivity contribution in [3.63, 3.8) is 0 Å². The molecule has 27 heavy (non-hydrogen) atoms. The van der Waals surface area contributed by atoms with Crippen molar-refractivity contribution in [1.29, 1.82) is 0 Å². The van der Waals surface area contributed by atoms with Crippen LogP contribution in [0.1, 0.15) is 40.0 Å². The molecular weight excluding hydrogens is 422 g/mol. The minimum atomic E-state index is -0.0569. The van der Waals surface area contributed by atoms with Gasteiger partial charge in [-0.15, -0.1) is 17.0 Å². The van der Waals surface area contributed by atoms with Crippen LogP contribution in [0.3, 0.4) is 0 Å². The number of anilines is 1. The largest absolute Gasteiger partial charge is 0.385 e. The summed E-state index contributed by atoms with van der Waals surface area (Å²) in [6.07, 6.45) is 3.38. The number of rotatable bonds is 5. The molecule has 1 aliphatic heterocycles. The molecule has 0 saturated heterocycles. The number of benzene rings is 1. The molecule has 0 radical (unpaired) electrons. The smallest absolute Gasteiger partial charge is 0.261 e. The van der Waals surface area contributed by atoms with Crippen LogP contribution in [0.5, 0.6) is 0 Å². The highest BCUT2D eigenvalue weighted by atomic mass is 79.9. The summed E-state index contributed by atoms with van der Waals surface area (Å²) in [7, 11) is 0. The van der Waals surface area contributed by atoms with E-state index in [4.69, 9.17) is 0 Å². The molecule has 2 N–H and O–H groups in total. The van der Waals surface area contributed by atoms with Gasteiger partial charge in [0.05, 0.1) is 5.25 Å². The molecule has 2 bridgehead atoms. The van der Waals surface area contributed by atoms with Crippen LogP contribution >= 0.6 is 28.7 Å². The standard InChI is InChI=1S/C21H29N3OS.BrH/c1-13-16-11-14(21(16,2)3)12-17(13)23-20-24-19(25)18(26-20)9-10-22-15-7-5-4-6-8-15;/h4-8,13-14,16-18,22H,9-12H2,1-3H3,(H,23,24,25);1H/t13-,14+,16+,17+,18?;/m0./s1. The molecule has 1 heterocycles. The molecule has 1 amide bonds. The number of hydrogen-bond acceptors (Lipinski definition) is 4. The van der Waals surface area contributed by atoms with Crippen molar-refractivity contribution < 1.29 is 4.79 Å². The lowest BCUT2D eigenvalue weighted by molar-refractivity contribution is -0.117. The normalized spacial score (nSPS) is 33.5. The third-order valence-corrected chi connectivity index (χ3v) is 8.07. The molecule has 0 spiro atoms. The van der Waals surface area contributed by atoms with Crippen molar-refractivity contribution in [2.24, 2.45) is 28.2 Å². The lowest BCUT2D eigenvalue weighted by Crippen LogP contribution is -2.60. The highest BCUT2D eigenvalue weighted by Gasteiger charge is 2.56. The van der Waals surface area contributed by atoms with Gasteiger partial charge in [-0.1, -0.05) is 50.7 Å². The van der Waals surface area contributed by atoms with Gasteiger partial charge in [-0.2, -0.15) is 4.99 Å². The molecule has 1 unspecified atom stereocenters. The van der Waals surface area contributed by atoms with E-state index in [9.17, 15) is 4.79 Å². The van der Waals surface area contributed by atoms with E-state index in [1.807, 2.05) is 30.3 Å². The first-order chi connectivity index (χ1) is 12.4. The average molecular weight is 452 g/mol. The summed E-state index contributed by atoms with van der Waals surface area (Å²) in [5.74, 6) is 2.27. The Kier molecular flexibility index (Phi) is 6.26. The number of carbonyl (C=O) groups excluding carboxylic acids is 1. The summed E-state index contributed by atoms with van der Waals surface area (Å²) in [5.41, 5.74) is 1.59. The van der Waals surface area contributed by atoms with Gasteiger partial charge in [0.1, 0.15) is 0 Å². The molecule has 3 fully saturated rings. The van der Waals surface area contributed by atoms with Crippen molar-refractivity contribution in [3.8, 4) is 0 Å². The van der Waals surface area contributed by atoms with Crippen LogP contribution in [0.15, 0.2) is 35.3 Å². The van der Waals surface area contributed by atoms with Gasteiger partial charge in [0.2, 0.25) is 0 Å². The molecule has 148 valence electrons. The second-order valence-electron chi connectivity index (χ2n) is 8.65. The van der Waals surface area contributed by atoms with Crippen molar-refractivity contribution in [2.45, 2.75) is 51.3 Å². The summed E-state index contributed by atoms with van der Waals surface area (Å²) >= 11 is 1.61. The number of hydrogen-bond donors (Lipinski definition) is 2. The second kappa shape index (κ2) is 8.16. The Morgan fingerprint density at radius 3 is 2.63 bits per heavy atom. The maximum atomic E-state index is 12.3. The maximum Gasteiger partial charge on any atom is 0.261 e. The molecule has 3 aliphatic carbocycles. The van der Waals surface area contributed by atoms with Crippen LogP contribution in [0.4, 0.5) is 5.69 Å². The van der Waals surface area contributed by atoms with E-state index in [0.717, 1.165) is 35.7 Å². The Labute approximate surface area is 177 Å². The van der Waals surface area contributed by atoms with Crippen molar-refractivity contribution in [2.75, 3.05) is 11.9 Å². The van der Waals surface area contributed by atoms with E-state index >= 15 is 0 Å². The zero-order valence-electron chi connectivity index (χ0n) is 16.3. The van der Waals surface area contributed by atoms with Crippen LogP contribution in [0.2, 0.25) is 0 Å². The Hall–Kier alpha value is -1.01. The molecule has 5 atom stereocenters. The first kappa shape index (κ1) is 20.7. The van der Waals surface area contributed by atoms with Gasteiger partial charge in [-0.3, -0.25) is 4.79 Å². The highest BCUT2D eigenvalue weighted by Crippen LogP contribution is 2.61. The number of nitrogens with one attached hydrogen (secondary N) is 2. The van der Waals surface area contributed by atoms with Crippen molar-refractivity contribution >= 4 is 45.5 Å². The summed E-state index contributed by atoms with van der Waals surface area (Å²) in [5, 5.41) is 7.77. The van der Waals surface area contributed by atoms with Crippen molar-refractivity contribution in [3.05, 3.63) is 30.3 Å². The predicted molar refractivity (Wildman–Crippen MR) is 120 cm³/mol. The number of amidine groups is 1. The average Bonchev–Trinajstić information content (AvgIpc) is 2.96. The number of nitrogens with zero attached hydrogens (tertiary/aromatic N) is 1. The number of fused-ring (bicyclic) bond motifs is 2. The monoisotopic (exact) mass is 451 g/mol. The lowest BCUT2D eigenvalue weighted by Gasteiger charge is -2.62. The third-order valence-electron chi connectivity index (χ3n) is 6.91. The van der Waals surface area contributed by atoms with E-state index in [2.05, 4.69) is 36.4 Å². The van der Waals surface area contributed by atoms with E-state index in [1.165, 1.54) is 12.8 Å². The fraction of sp³-hybridized carbons (Fsp3) is 0.619. The number of para-hydroxylation sites is 1. The number of carbonyl (C=O) groups is 1. The first-order valence-corrected chi connectivity index (χ1v) is 10.7. The maximum absolute atomic E-state index is 12.3. The quantitative estimate of drug-likeness (QED) is 0.679. The van der Waals surface area contributed by atoms with Crippen LogP contribution in [0, 0.1) is 23.2 Å². The summed E-state index contributed by atoms with van der Waals surface area (Å²) in [6, 6.07) is 10.6. The van der Waals surface area contributed by atoms with Crippen molar-refractivity contribution in [1.82, 2.24) is 5.32 Å². The van der Waals surface area contributed by atoms with Gasteiger partial charge in [0, 0.05) is 18.3 Å². The molecule has 6 heteroatoms. The highest BCUT2D eigenvalue weighted by molar-refractivity contribution is 8.93. The topological polar surface area (TPSA) is 53.5 Å². The van der Waals surface area contributed by atoms with Crippen LogP contribution < -0.4 is 10.6 Å². The molecule has 0 aromatic heterocycles. The number of aliphatic imine (C=N–C) groups is 1. The van der Waals surface area contributed by atoms with E-state index in [-0.39, 0.29) is 28.1 Å². The SMILES string of the molecule is Br.C[C@H]1[C@H]2C[C@H](C[C@H]1NC1=NC(=O)C(CCNc3ccccc3)S1)C2(C)C. The Bertz CT molecular complexity index is 709. The number of halogens is 1. The zero-order chi connectivity index (χ0) is 18.3. The van der Waals surface area contributed by atoms with E-state index in [0.29, 0.717) is 17.4 Å². The zero-order valence-corrected chi connectivity index (χ0v) is 18.8. The van der Waals surface area contributed by atoms with E-state index < -0.39 is 0 Å². The van der Waals surface area contributed by atoms with Gasteiger partial charge >= 0.3 is 0 Å². The van der Waals surface area contributed by atoms with Gasteiger partial charge in [-0.25, -0.2) is 0 Å². The van der Waals surface area contributed by atoms with Crippen LogP contribution in [-0.2, 0) is 4.79 Å². The van der Waals surface area contributed by atoms with Gasteiger partial charge in [0.15, 0.2) is 5.17 Å². The fourth-order valence-electron chi connectivity index (χ4n) is 5.03.